The molecule has 104 valence electrons. The van der Waals surface area contributed by atoms with Crippen LogP contribution < -0.4 is 0 Å². The van der Waals surface area contributed by atoms with Crippen molar-refractivity contribution in [2.75, 3.05) is 18.1 Å². The second-order valence-corrected chi connectivity index (χ2v) is 6.26. The number of thioether (sulfide) groups is 1. The van der Waals surface area contributed by atoms with E-state index >= 15 is 0 Å². The minimum atomic E-state index is -0.0685. The van der Waals surface area contributed by atoms with Gasteiger partial charge in [0.05, 0.1) is 5.56 Å². The molecule has 1 unspecified atom stereocenters. The number of nitrogens with zero attached hydrogens (tertiary/aromatic N) is 1. The van der Waals surface area contributed by atoms with Crippen LogP contribution in [0.2, 0.25) is 0 Å². The maximum absolute atomic E-state index is 12.6. The highest BCUT2D eigenvalue weighted by atomic mass is 32.2. The van der Waals surface area contributed by atoms with Gasteiger partial charge in [0.25, 0.3) is 5.91 Å². The Morgan fingerprint density at radius 1 is 1.30 bits per heavy atom. The summed E-state index contributed by atoms with van der Waals surface area (Å²) in [5.74, 6) is 1.95. The normalized spacial score (nSPS) is 19.2. The predicted octanol–water partition coefficient (Wildman–Crippen LogP) is 3.12. The summed E-state index contributed by atoms with van der Waals surface area (Å²) in [5, 5.41) is 12.1. The Morgan fingerprint density at radius 2 is 2.10 bits per heavy atom. The van der Waals surface area contributed by atoms with Crippen molar-refractivity contribution in [3.05, 3.63) is 42.0 Å². The molecular formula is C16H17NO2S. The molecule has 0 bridgehead atoms. The summed E-state index contributed by atoms with van der Waals surface area (Å²) < 4.78 is 0. The second kappa shape index (κ2) is 5.37. The first-order chi connectivity index (χ1) is 9.68. The number of aromatic hydroxyl groups is 1. The van der Waals surface area contributed by atoms with Crippen LogP contribution in [-0.2, 0) is 0 Å². The van der Waals surface area contributed by atoms with Crippen molar-refractivity contribution in [1.82, 2.24) is 4.90 Å². The molecule has 1 heterocycles. The smallest absolute Gasteiger partial charge is 0.257 e. The molecule has 1 aliphatic heterocycles. The number of phenols is 1. The van der Waals surface area contributed by atoms with E-state index in [2.05, 4.69) is 6.92 Å². The fourth-order valence-corrected chi connectivity index (χ4v) is 3.62. The summed E-state index contributed by atoms with van der Waals surface area (Å²) in [6.07, 6.45) is 0. The molecule has 0 saturated carbocycles. The SMILES string of the molecule is CC1CSCCN1C(=O)c1ccc2ccccc2c1O. The number of hydrogen-bond donors (Lipinski definition) is 1. The van der Waals surface area contributed by atoms with Gasteiger partial charge in [-0.25, -0.2) is 0 Å². The van der Waals surface area contributed by atoms with Crippen LogP contribution in [-0.4, -0.2) is 40.0 Å². The zero-order chi connectivity index (χ0) is 14.1. The van der Waals surface area contributed by atoms with Crippen molar-refractivity contribution in [3.8, 4) is 5.75 Å². The van der Waals surface area contributed by atoms with Crippen molar-refractivity contribution in [1.29, 1.82) is 0 Å². The molecular weight excluding hydrogens is 270 g/mol. The molecule has 1 saturated heterocycles. The summed E-state index contributed by atoms with van der Waals surface area (Å²) in [4.78, 5) is 14.5. The molecule has 2 aromatic rings. The van der Waals surface area contributed by atoms with Crippen molar-refractivity contribution in [3.63, 3.8) is 0 Å². The van der Waals surface area contributed by atoms with Crippen LogP contribution >= 0.6 is 11.8 Å². The van der Waals surface area contributed by atoms with Crippen LogP contribution in [0.5, 0.6) is 5.75 Å². The third-order valence-corrected chi connectivity index (χ3v) is 4.95. The maximum atomic E-state index is 12.6. The molecule has 1 fully saturated rings. The molecule has 1 N–H and O–H groups in total. The highest BCUT2D eigenvalue weighted by Crippen LogP contribution is 2.30. The van der Waals surface area contributed by atoms with Gasteiger partial charge >= 0.3 is 0 Å². The molecule has 3 nitrogen and oxygen atoms in total. The van der Waals surface area contributed by atoms with Gasteiger partial charge in [-0.05, 0) is 18.4 Å². The predicted molar refractivity (Wildman–Crippen MR) is 83.4 cm³/mol. The van der Waals surface area contributed by atoms with Crippen molar-refractivity contribution < 1.29 is 9.90 Å². The molecule has 0 radical (unpaired) electrons. The van der Waals surface area contributed by atoms with Crippen LogP contribution in [0.15, 0.2) is 36.4 Å². The highest BCUT2D eigenvalue weighted by Gasteiger charge is 2.26. The Hall–Kier alpha value is -1.68. The standard InChI is InChI=1S/C16H17NO2S/c1-11-10-20-9-8-17(11)16(19)14-7-6-12-4-2-3-5-13(12)15(14)18/h2-7,11,18H,8-10H2,1H3. The topological polar surface area (TPSA) is 40.5 Å². The first-order valence-corrected chi connectivity index (χ1v) is 7.93. The van der Waals surface area contributed by atoms with Gasteiger partial charge in [-0.3, -0.25) is 4.79 Å². The zero-order valence-electron chi connectivity index (χ0n) is 11.4. The van der Waals surface area contributed by atoms with Crippen molar-refractivity contribution >= 4 is 28.4 Å². The van der Waals surface area contributed by atoms with Gasteiger partial charge in [-0.15, -0.1) is 0 Å². The fourth-order valence-electron chi connectivity index (χ4n) is 2.61. The molecule has 0 aromatic heterocycles. The number of carbonyl (C=O) groups excluding carboxylic acids is 1. The van der Waals surface area contributed by atoms with E-state index in [-0.39, 0.29) is 17.7 Å². The van der Waals surface area contributed by atoms with E-state index in [1.807, 2.05) is 47.0 Å². The summed E-state index contributed by atoms with van der Waals surface area (Å²) in [7, 11) is 0. The highest BCUT2D eigenvalue weighted by molar-refractivity contribution is 7.99. The van der Waals surface area contributed by atoms with Crippen LogP contribution in [0.25, 0.3) is 10.8 Å². The molecule has 0 aliphatic carbocycles. The Kier molecular flexibility index (Phi) is 3.57. The Bertz CT molecular complexity index is 656. The van der Waals surface area contributed by atoms with Gasteiger partial charge in [-0.2, -0.15) is 11.8 Å². The lowest BCUT2D eigenvalue weighted by Gasteiger charge is -2.33. The maximum Gasteiger partial charge on any atom is 0.257 e. The van der Waals surface area contributed by atoms with E-state index in [1.165, 1.54) is 0 Å². The summed E-state index contributed by atoms with van der Waals surface area (Å²) >= 11 is 1.87. The number of hydrogen-bond acceptors (Lipinski definition) is 3. The Morgan fingerprint density at radius 3 is 2.90 bits per heavy atom. The molecule has 1 aliphatic rings. The van der Waals surface area contributed by atoms with Crippen LogP contribution in [0.1, 0.15) is 17.3 Å². The zero-order valence-corrected chi connectivity index (χ0v) is 12.2. The average molecular weight is 287 g/mol. The first kappa shape index (κ1) is 13.3. The first-order valence-electron chi connectivity index (χ1n) is 6.78. The van der Waals surface area contributed by atoms with Gasteiger partial charge in [-0.1, -0.05) is 30.3 Å². The number of fused-ring (bicyclic) bond motifs is 1. The number of carbonyl (C=O) groups is 1. The number of amides is 1. The summed E-state index contributed by atoms with van der Waals surface area (Å²) in [6.45, 7) is 2.80. The minimum absolute atomic E-state index is 0.0685. The van der Waals surface area contributed by atoms with E-state index in [0.29, 0.717) is 5.56 Å². The lowest BCUT2D eigenvalue weighted by Crippen LogP contribution is -2.44. The van der Waals surface area contributed by atoms with E-state index in [0.717, 1.165) is 28.8 Å². The Labute approximate surface area is 122 Å². The fraction of sp³-hybridized carbons (Fsp3) is 0.312. The molecule has 2 aromatic carbocycles. The van der Waals surface area contributed by atoms with E-state index in [9.17, 15) is 9.90 Å². The lowest BCUT2D eigenvalue weighted by atomic mass is 10.0. The quantitative estimate of drug-likeness (QED) is 0.876. The summed E-state index contributed by atoms with van der Waals surface area (Å²) in [6, 6.07) is 11.4. The molecule has 1 atom stereocenters. The lowest BCUT2D eigenvalue weighted by molar-refractivity contribution is 0.0713. The number of phenolic OH excluding ortho intramolecular Hbond substituents is 1. The van der Waals surface area contributed by atoms with E-state index in [4.69, 9.17) is 0 Å². The van der Waals surface area contributed by atoms with Gasteiger partial charge in [0, 0.05) is 29.5 Å². The molecule has 0 spiro atoms. The van der Waals surface area contributed by atoms with Crippen LogP contribution in [0.3, 0.4) is 0 Å². The van der Waals surface area contributed by atoms with Gasteiger partial charge in [0.1, 0.15) is 5.75 Å². The second-order valence-electron chi connectivity index (χ2n) is 5.11. The van der Waals surface area contributed by atoms with Crippen LogP contribution in [0.4, 0.5) is 0 Å². The number of rotatable bonds is 1. The molecule has 3 rings (SSSR count). The molecule has 20 heavy (non-hydrogen) atoms. The van der Waals surface area contributed by atoms with Gasteiger partial charge in [0.15, 0.2) is 0 Å². The van der Waals surface area contributed by atoms with E-state index in [1.54, 1.807) is 6.07 Å². The third-order valence-electron chi connectivity index (χ3n) is 3.76. The van der Waals surface area contributed by atoms with Crippen molar-refractivity contribution in [2.45, 2.75) is 13.0 Å². The average Bonchev–Trinajstić information content (AvgIpc) is 2.48. The monoisotopic (exact) mass is 287 g/mol. The molecule has 1 amide bonds. The van der Waals surface area contributed by atoms with Gasteiger partial charge in [0.2, 0.25) is 0 Å². The van der Waals surface area contributed by atoms with E-state index < -0.39 is 0 Å². The largest absolute Gasteiger partial charge is 0.506 e. The Balaban J connectivity index is 2.01. The molecule has 4 heteroatoms. The van der Waals surface area contributed by atoms with Gasteiger partial charge < -0.3 is 10.0 Å². The summed E-state index contributed by atoms with van der Waals surface area (Å²) in [5.41, 5.74) is 0.405. The minimum Gasteiger partial charge on any atom is -0.506 e. The number of benzene rings is 2. The van der Waals surface area contributed by atoms with Crippen LogP contribution in [0, 0.1) is 0 Å². The van der Waals surface area contributed by atoms with Crippen molar-refractivity contribution in [2.24, 2.45) is 0 Å². The third kappa shape index (κ3) is 2.24.